The van der Waals surface area contributed by atoms with Gasteiger partial charge < -0.3 is 52.5 Å². The van der Waals surface area contributed by atoms with Crippen molar-refractivity contribution < 1.29 is 52.5 Å². The van der Waals surface area contributed by atoms with E-state index in [0.29, 0.717) is 84.7 Å². The van der Waals surface area contributed by atoms with Gasteiger partial charge in [-0.15, -0.1) is 0 Å². The van der Waals surface area contributed by atoms with Crippen LogP contribution < -0.4 is 14.2 Å². The van der Waals surface area contributed by atoms with E-state index < -0.39 is 18.2 Å². The summed E-state index contributed by atoms with van der Waals surface area (Å²) in [6, 6.07) is 18.3. The molecule has 3 aromatic rings. The molecule has 5 rings (SSSR count). The smallest absolute Gasteiger partial charge is 0.188 e. The summed E-state index contributed by atoms with van der Waals surface area (Å²) >= 11 is 0. The predicted molar refractivity (Wildman–Crippen MR) is 181 cm³/mol. The first-order valence-electron chi connectivity index (χ1n) is 16.4. The zero-order valence-electron chi connectivity index (χ0n) is 29.6. The minimum atomic E-state index is -1.90. The van der Waals surface area contributed by atoms with Crippen LogP contribution in [0, 0.1) is 10.8 Å². The summed E-state index contributed by atoms with van der Waals surface area (Å²) in [5.74, 6) is 1.30. The van der Waals surface area contributed by atoms with Crippen molar-refractivity contribution in [3.05, 3.63) is 88.5 Å². The number of hydrogen-bond donors (Lipinski definition) is 1. The Morgan fingerprint density at radius 3 is 1.57 bits per heavy atom. The van der Waals surface area contributed by atoms with Gasteiger partial charge in [0.1, 0.15) is 29.5 Å². The van der Waals surface area contributed by atoms with Gasteiger partial charge in [-0.25, -0.2) is 0 Å². The highest BCUT2D eigenvalue weighted by Gasteiger charge is 2.42. The fourth-order valence-corrected chi connectivity index (χ4v) is 5.73. The molecule has 0 spiro atoms. The number of benzene rings is 3. The maximum absolute atomic E-state index is 13.5. The molecule has 2 heterocycles. The lowest BCUT2D eigenvalue weighted by Crippen LogP contribution is -2.35. The van der Waals surface area contributed by atoms with E-state index in [2.05, 4.69) is 27.7 Å². The third-order valence-electron chi connectivity index (χ3n) is 8.31. The summed E-state index contributed by atoms with van der Waals surface area (Å²) in [6.07, 6.45) is -1.31. The second-order valence-corrected chi connectivity index (χ2v) is 13.9. The summed E-state index contributed by atoms with van der Waals surface area (Å²) in [4.78, 5) is 0. The Hall–Kier alpha value is -3.26. The Labute approximate surface area is 289 Å². The van der Waals surface area contributed by atoms with Gasteiger partial charge in [0.25, 0.3) is 0 Å². The molecule has 0 atom stereocenters. The Balaban J connectivity index is 1.72. The van der Waals surface area contributed by atoms with Crippen molar-refractivity contribution in [2.75, 3.05) is 74.6 Å². The van der Waals surface area contributed by atoms with Crippen LogP contribution in [0.5, 0.6) is 17.2 Å². The van der Waals surface area contributed by atoms with Crippen molar-refractivity contribution in [3.63, 3.8) is 0 Å². The Morgan fingerprint density at radius 2 is 1.12 bits per heavy atom. The topological polar surface area (TPSA) is 113 Å². The molecule has 0 aromatic heterocycles. The number of methoxy groups -OCH3 is 3. The third-order valence-corrected chi connectivity index (χ3v) is 8.31. The van der Waals surface area contributed by atoms with Crippen LogP contribution in [0.2, 0.25) is 0 Å². The van der Waals surface area contributed by atoms with Crippen LogP contribution in [0.3, 0.4) is 0 Å². The Kier molecular flexibility index (Phi) is 12.2. The molecule has 0 unspecified atom stereocenters. The molecular weight excluding hydrogens is 632 g/mol. The highest BCUT2D eigenvalue weighted by atomic mass is 16.7. The molecule has 268 valence electrons. The highest BCUT2D eigenvalue weighted by molar-refractivity contribution is 5.59. The van der Waals surface area contributed by atoms with Crippen molar-refractivity contribution in [1.29, 1.82) is 0 Å². The lowest BCUT2D eigenvalue weighted by atomic mass is 9.78. The molecule has 0 bridgehead atoms. The molecule has 0 radical (unpaired) electrons. The van der Waals surface area contributed by atoms with E-state index in [-0.39, 0.29) is 24.4 Å². The third kappa shape index (κ3) is 8.92. The number of ether oxygens (including phenoxy) is 10. The van der Waals surface area contributed by atoms with Crippen molar-refractivity contribution in [1.82, 2.24) is 0 Å². The van der Waals surface area contributed by atoms with Crippen LogP contribution in [0.25, 0.3) is 0 Å². The van der Waals surface area contributed by atoms with E-state index in [9.17, 15) is 5.11 Å². The van der Waals surface area contributed by atoms with E-state index in [0.717, 1.165) is 0 Å². The fourth-order valence-electron chi connectivity index (χ4n) is 5.73. The van der Waals surface area contributed by atoms with Gasteiger partial charge in [-0.05, 0) is 42.0 Å². The average Bonchev–Trinajstić information content (AvgIpc) is 3.10. The maximum Gasteiger partial charge on any atom is 0.188 e. The van der Waals surface area contributed by atoms with Crippen molar-refractivity contribution in [3.8, 4) is 17.2 Å². The van der Waals surface area contributed by atoms with Gasteiger partial charge >= 0.3 is 0 Å². The van der Waals surface area contributed by atoms with Gasteiger partial charge in [-0.3, -0.25) is 0 Å². The van der Waals surface area contributed by atoms with E-state index in [4.69, 9.17) is 47.4 Å². The minimum absolute atomic E-state index is 0.0557. The largest absolute Gasteiger partial charge is 0.491 e. The van der Waals surface area contributed by atoms with E-state index >= 15 is 0 Å². The summed E-state index contributed by atoms with van der Waals surface area (Å²) in [5, 5.41) is 13.5. The second-order valence-electron chi connectivity index (χ2n) is 13.9. The Bertz CT molecular complexity index is 1420. The van der Waals surface area contributed by atoms with E-state index in [1.807, 2.05) is 42.5 Å². The SMILES string of the molecule is COCCOc1cccc(C(O)(c2cc(C3OCC(C)(C)CO3)ccc2OCOC)c2cc(C3OCC(C)(C)CO3)ccc2OCOC)c1. The average molecular weight is 683 g/mol. The van der Waals surface area contributed by atoms with Crippen LogP contribution >= 0.6 is 0 Å². The fraction of sp³-hybridized carbons (Fsp3) is 0.526. The van der Waals surface area contributed by atoms with E-state index in [1.54, 1.807) is 25.3 Å². The molecule has 49 heavy (non-hydrogen) atoms. The van der Waals surface area contributed by atoms with Crippen LogP contribution in [-0.4, -0.2) is 79.7 Å². The van der Waals surface area contributed by atoms with Gasteiger partial charge in [0.15, 0.2) is 26.2 Å². The molecule has 1 N–H and O–H groups in total. The first-order chi connectivity index (χ1) is 23.5. The first kappa shape index (κ1) is 37.0. The van der Waals surface area contributed by atoms with Gasteiger partial charge in [-0.1, -0.05) is 52.0 Å². The van der Waals surface area contributed by atoms with Gasteiger partial charge in [0, 0.05) is 54.4 Å². The number of aliphatic hydroxyl groups is 1. The molecule has 0 amide bonds. The van der Waals surface area contributed by atoms with Crippen LogP contribution in [0.15, 0.2) is 60.7 Å². The Morgan fingerprint density at radius 1 is 0.633 bits per heavy atom. The standard InChI is InChI=1S/C38H50O11/c1-36(2)20-44-34(45-21-36)26-11-13-32(48-24-41-6)30(17-26)38(39,28-9-8-10-29(19-28)43-16-15-40-5)31-18-27(12-14-33(31)49-25-42-7)35-46-22-37(3,4)23-47-35/h8-14,17-19,34-35,39H,15-16,20-25H2,1-7H3. The second kappa shape index (κ2) is 16.2. The summed E-state index contributed by atoms with van der Waals surface area (Å²) < 4.78 is 58.7. The van der Waals surface area contributed by atoms with Gasteiger partial charge in [0.2, 0.25) is 0 Å². The van der Waals surface area contributed by atoms with Crippen molar-refractivity contribution in [2.45, 2.75) is 45.9 Å². The molecule has 2 aliphatic rings. The monoisotopic (exact) mass is 682 g/mol. The van der Waals surface area contributed by atoms with Crippen LogP contribution in [0.4, 0.5) is 0 Å². The molecule has 11 heteroatoms. The van der Waals surface area contributed by atoms with Crippen LogP contribution in [-0.2, 0) is 38.8 Å². The zero-order valence-corrected chi connectivity index (χ0v) is 29.6. The molecule has 0 aliphatic carbocycles. The van der Waals surface area contributed by atoms with Crippen molar-refractivity contribution >= 4 is 0 Å². The molecule has 2 fully saturated rings. The number of hydrogen-bond acceptors (Lipinski definition) is 11. The van der Waals surface area contributed by atoms with Gasteiger partial charge in [0.05, 0.1) is 33.0 Å². The lowest BCUT2D eigenvalue weighted by molar-refractivity contribution is -0.226. The number of rotatable bonds is 15. The van der Waals surface area contributed by atoms with Crippen LogP contribution in [0.1, 0.15) is 68.1 Å². The summed E-state index contributed by atoms with van der Waals surface area (Å²) in [7, 11) is 4.69. The quantitative estimate of drug-likeness (QED) is 0.114. The molecular formula is C38H50O11. The highest BCUT2D eigenvalue weighted by Crippen LogP contribution is 2.48. The molecule has 3 aromatic carbocycles. The normalized spacial score (nSPS) is 18.3. The predicted octanol–water partition coefficient (Wildman–Crippen LogP) is 6.10. The minimum Gasteiger partial charge on any atom is -0.491 e. The summed E-state index contributed by atoms with van der Waals surface area (Å²) in [5.41, 5.74) is 0.545. The maximum atomic E-state index is 13.5. The van der Waals surface area contributed by atoms with E-state index in [1.165, 1.54) is 14.2 Å². The summed E-state index contributed by atoms with van der Waals surface area (Å²) in [6.45, 7) is 11.0. The first-order valence-corrected chi connectivity index (χ1v) is 16.4. The zero-order chi connectivity index (χ0) is 35.1. The molecule has 2 saturated heterocycles. The molecule has 0 saturated carbocycles. The molecule has 2 aliphatic heterocycles. The molecule has 11 nitrogen and oxygen atoms in total. The van der Waals surface area contributed by atoms with Gasteiger partial charge in [-0.2, -0.15) is 0 Å². The van der Waals surface area contributed by atoms with Crippen molar-refractivity contribution in [2.24, 2.45) is 10.8 Å². The lowest BCUT2D eigenvalue weighted by Gasteiger charge is -2.37.